The second-order valence-electron chi connectivity index (χ2n) is 6.49. The molecule has 0 aliphatic carbocycles. The van der Waals surface area contributed by atoms with Crippen molar-refractivity contribution in [1.29, 1.82) is 0 Å². The molecule has 0 N–H and O–H groups in total. The molecule has 2 nitrogen and oxygen atoms in total. The van der Waals surface area contributed by atoms with Crippen molar-refractivity contribution >= 4 is 11.6 Å². The molecule has 0 unspecified atom stereocenters. The average Bonchev–Trinajstić information content (AvgIpc) is 2.74. The fraction of sp³-hybridized carbons (Fsp3) is 0.647. The monoisotopic (exact) mass is 310 g/mol. The zero-order valence-electron chi connectivity index (χ0n) is 12.7. The van der Waals surface area contributed by atoms with Crippen LogP contribution in [0.2, 0.25) is 5.02 Å². The van der Waals surface area contributed by atoms with Crippen molar-refractivity contribution in [2.24, 2.45) is 5.92 Å². The molecule has 1 aromatic rings. The summed E-state index contributed by atoms with van der Waals surface area (Å²) in [7, 11) is 0. The fourth-order valence-electron chi connectivity index (χ4n) is 3.87. The van der Waals surface area contributed by atoms with E-state index in [4.69, 9.17) is 11.6 Å². The van der Waals surface area contributed by atoms with Gasteiger partial charge in [-0.15, -0.1) is 0 Å². The van der Waals surface area contributed by atoms with Gasteiger partial charge in [0.25, 0.3) is 0 Å². The molecule has 3 saturated heterocycles. The van der Waals surface area contributed by atoms with Gasteiger partial charge in [-0.05, 0) is 43.9 Å². The standard InChI is InChI=1S/C17H24ClFN2/c1-2-8-21-10-13-6-7-14(21)11-20(9-13)12-15-16(18)4-3-5-17(15)19/h3-5,13-14H,2,6-12H2,1H3/t13-,14+/m0/s1. The zero-order valence-corrected chi connectivity index (χ0v) is 13.4. The van der Waals surface area contributed by atoms with E-state index in [2.05, 4.69) is 16.7 Å². The van der Waals surface area contributed by atoms with E-state index >= 15 is 0 Å². The predicted molar refractivity (Wildman–Crippen MR) is 85.1 cm³/mol. The van der Waals surface area contributed by atoms with Crippen LogP contribution in [0.15, 0.2) is 18.2 Å². The third-order valence-corrected chi connectivity index (χ3v) is 5.21. The molecule has 3 heterocycles. The van der Waals surface area contributed by atoms with Crippen molar-refractivity contribution in [3.8, 4) is 0 Å². The number of nitrogens with zero attached hydrogens (tertiary/aromatic N) is 2. The molecule has 0 saturated carbocycles. The summed E-state index contributed by atoms with van der Waals surface area (Å²) in [5.74, 6) is 0.547. The molecule has 4 heteroatoms. The molecule has 0 aromatic heterocycles. The Morgan fingerprint density at radius 1 is 1.24 bits per heavy atom. The highest BCUT2D eigenvalue weighted by atomic mass is 35.5. The van der Waals surface area contributed by atoms with Gasteiger partial charge < -0.3 is 0 Å². The summed E-state index contributed by atoms with van der Waals surface area (Å²) in [6.07, 6.45) is 3.81. The Balaban J connectivity index is 1.73. The first-order chi connectivity index (χ1) is 10.2. The van der Waals surface area contributed by atoms with Crippen molar-refractivity contribution in [2.45, 2.75) is 38.8 Å². The van der Waals surface area contributed by atoms with Crippen LogP contribution in [0, 0.1) is 11.7 Å². The molecule has 3 fully saturated rings. The molecular weight excluding hydrogens is 287 g/mol. The first-order valence-electron chi connectivity index (χ1n) is 8.06. The van der Waals surface area contributed by atoms with Gasteiger partial charge in [-0.25, -0.2) is 4.39 Å². The number of rotatable bonds is 4. The molecule has 3 aliphatic heterocycles. The maximum Gasteiger partial charge on any atom is 0.129 e. The summed E-state index contributed by atoms with van der Waals surface area (Å²) in [5.41, 5.74) is 0.655. The van der Waals surface area contributed by atoms with Crippen LogP contribution in [-0.4, -0.2) is 42.0 Å². The van der Waals surface area contributed by atoms with Crippen molar-refractivity contribution in [1.82, 2.24) is 9.80 Å². The lowest BCUT2D eigenvalue weighted by molar-refractivity contribution is 0.131. The zero-order chi connectivity index (χ0) is 14.8. The van der Waals surface area contributed by atoms with Gasteiger partial charge in [-0.3, -0.25) is 9.80 Å². The van der Waals surface area contributed by atoms with Crippen molar-refractivity contribution in [3.63, 3.8) is 0 Å². The second-order valence-corrected chi connectivity index (χ2v) is 6.89. The van der Waals surface area contributed by atoms with Gasteiger partial charge in [0.05, 0.1) is 0 Å². The Hall–Kier alpha value is -0.640. The molecule has 0 radical (unpaired) electrons. The van der Waals surface area contributed by atoms with Gasteiger partial charge in [0.2, 0.25) is 0 Å². The summed E-state index contributed by atoms with van der Waals surface area (Å²) >= 11 is 6.18. The molecule has 2 bridgehead atoms. The van der Waals surface area contributed by atoms with E-state index in [0.29, 0.717) is 23.2 Å². The summed E-state index contributed by atoms with van der Waals surface area (Å²) in [5, 5.41) is 0.553. The third kappa shape index (κ3) is 3.41. The van der Waals surface area contributed by atoms with Crippen LogP contribution in [0.5, 0.6) is 0 Å². The number of hydrogen-bond acceptors (Lipinski definition) is 2. The maximum absolute atomic E-state index is 14.0. The smallest absolute Gasteiger partial charge is 0.129 e. The first kappa shape index (κ1) is 15.3. The number of hydrogen-bond donors (Lipinski definition) is 0. The SMILES string of the molecule is CCCN1C[C@H]2CC[C@@H]1CN(Cc1c(F)cccc1Cl)C2. The molecule has 0 spiro atoms. The van der Waals surface area contributed by atoms with E-state index in [0.717, 1.165) is 19.0 Å². The summed E-state index contributed by atoms with van der Waals surface area (Å²) in [4.78, 5) is 5.04. The van der Waals surface area contributed by atoms with E-state index in [-0.39, 0.29) is 5.82 Å². The lowest BCUT2D eigenvalue weighted by Gasteiger charge is -2.35. The Labute approximate surface area is 131 Å². The molecule has 0 amide bonds. The van der Waals surface area contributed by atoms with Crippen LogP contribution in [-0.2, 0) is 6.54 Å². The second kappa shape index (κ2) is 6.64. The van der Waals surface area contributed by atoms with Crippen LogP contribution >= 0.6 is 11.6 Å². The Morgan fingerprint density at radius 3 is 2.86 bits per heavy atom. The Bertz CT molecular complexity index is 473. The van der Waals surface area contributed by atoms with E-state index in [1.807, 2.05) is 0 Å². The highest BCUT2D eigenvalue weighted by Crippen LogP contribution is 2.30. The van der Waals surface area contributed by atoms with Gasteiger partial charge in [0.15, 0.2) is 0 Å². The minimum atomic E-state index is -0.176. The van der Waals surface area contributed by atoms with Crippen molar-refractivity contribution < 1.29 is 4.39 Å². The summed E-state index contributed by atoms with van der Waals surface area (Å²) in [6.45, 7) is 7.39. The van der Waals surface area contributed by atoms with E-state index < -0.39 is 0 Å². The molecule has 2 atom stereocenters. The number of fused-ring (bicyclic) bond motifs is 4. The van der Waals surface area contributed by atoms with Crippen LogP contribution in [0.4, 0.5) is 4.39 Å². The molecule has 3 aliphatic rings. The molecule has 1 aromatic carbocycles. The van der Waals surface area contributed by atoms with Crippen molar-refractivity contribution in [3.05, 3.63) is 34.6 Å². The van der Waals surface area contributed by atoms with Crippen molar-refractivity contribution in [2.75, 3.05) is 26.2 Å². The van der Waals surface area contributed by atoms with Crippen LogP contribution < -0.4 is 0 Å². The van der Waals surface area contributed by atoms with Crippen LogP contribution in [0.3, 0.4) is 0 Å². The van der Waals surface area contributed by atoms with Crippen LogP contribution in [0.25, 0.3) is 0 Å². The lowest BCUT2D eigenvalue weighted by atomic mass is 9.95. The number of piperidine rings is 1. The topological polar surface area (TPSA) is 6.48 Å². The minimum absolute atomic E-state index is 0.176. The van der Waals surface area contributed by atoms with Gasteiger partial charge in [-0.1, -0.05) is 24.6 Å². The first-order valence-corrected chi connectivity index (χ1v) is 8.44. The lowest BCUT2D eigenvalue weighted by Crippen LogP contribution is -2.44. The van der Waals surface area contributed by atoms with Gasteiger partial charge >= 0.3 is 0 Å². The van der Waals surface area contributed by atoms with E-state index in [9.17, 15) is 4.39 Å². The summed E-state index contributed by atoms with van der Waals surface area (Å²) < 4.78 is 14.0. The highest BCUT2D eigenvalue weighted by Gasteiger charge is 2.34. The van der Waals surface area contributed by atoms with Gasteiger partial charge in [0.1, 0.15) is 5.82 Å². The average molecular weight is 311 g/mol. The number of benzene rings is 1. The Kier molecular flexibility index (Phi) is 4.82. The van der Waals surface area contributed by atoms with E-state index in [1.54, 1.807) is 12.1 Å². The minimum Gasteiger partial charge on any atom is -0.299 e. The Morgan fingerprint density at radius 2 is 2.10 bits per heavy atom. The van der Waals surface area contributed by atoms with Crippen LogP contribution in [0.1, 0.15) is 31.7 Å². The highest BCUT2D eigenvalue weighted by molar-refractivity contribution is 6.31. The molecule has 116 valence electrons. The third-order valence-electron chi connectivity index (χ3n) is 4.86. The fourth-order valence-corrected chi connectivity index (χ4v) is 4.10. The van der Waals surface area contributed by atoms with Gasteiger partial charge in [0, 0.05) is 42.8 Å². The number of halogens is 2. The van der Waals surface area contributed by atoms with Gasteiger partial charge in [-0.2, -0.15) is 0 Å². The molecular formula is C17H24ClFN2. The van der Waals surface area contributed by atoms with E-state index in [1.165, 1.54) is 38.4 Å². The molecule has 4 rings (SSSR count). The predicted octanol–water partition coefficient (Wildman–Crippen LogP) is 3.79. The summed E-state index contributed by atoms with van der Waals surface area (Å²) in [6, 6.07) is 5.61. The molecule has 21 heavy (non-hydrogen) atoms. The largest absolute Gasteiger partial charge is 0.299 e. The maximum atomic E-state index is 14.0. The normalized spacial score (nSPS) is 27.0. The quantitative estimate of drug-likeness (QED) is 0.835.